The van der Waals surface area contributed by atoms with Gasteiger partial charge in [0.1, 0.15) is 12.7 Å². The molecule has 2 atom stereocenters. The third-order valence-corrected chi connectivity index (χ3v) is 2.45. The molecule has 1 saturated heterocycles. The highest BCUT2D eigenvalue weighted by Gasteiger charge is 2.19. The maximum absolute atomic E-state index is 5.67. The van der Waals surface area contributed by atoms with Crippen LogP contribution in [0.5, 0.6) is 5.88 Å². The first-order chi connectivity index (χ1) is 7.74. The number of halogens is 1. The third-order valence-electron chi connectivity index (χ3n) is 2.25. The Bertz CT molecular complexity index is 333. The van der Waals surface area contributed by atoms with E-state index >= 15 is 0 Å². The molecular formula is C10H14ClN3O2. The van der Waals surface area contributed by atoms with Crippen LogP contribution in [0.3, 0.4) is 0 Å². The van der Waals surface area contributed by atoms with Crippen molar-refractivity contribution in [2.24, 2.45) is 0 Å². The molecule has 0 amide bonds. The van der Waals surface area contributed by atoms with Crippen LogP contribution in [0.1, 0.15) is 6.92 Å². The van der Waals surface area contributed by atoms with Crippen LogP contribution >= 0.6 is 11.6 Å². The molecule has 0 aromatic carbocycles. The lowest BCUT2D eigenvalue weighted by atomic mass is 10.2. The standard InChI is InChI=1S/C10H14ClN3O2/c1-7-4-12-5-8(16-7)6-15-10-3-2-9(11)13-14-10/h2-3,7-8,12H,4-6H2,1H3. The van der Waals surface area contributed by atoms with Crippen molar-refractivity contribution < 1.29 is 9.47 Å². The van der Waals surface area contributed by atoms with Crippen LogP contribution in [0.2, 0.25) is 5.15 Å². The smallest absolute Gasteiger partial charge is 0.233 e. The van der Waals surface area contributed by atoms with Gasteiger partial charge in [0.25, 0.3) is 0 Å². The lowest BCUT2D eigenvalue weighted by Gasteiger charge is -2.28. The molecule has 5 nitrogen and oxygen atoms in total. The van der Waals surface area contributed by atoms with Gasteiger partial charge in [0.05, 0.1) is 6.10 Å². The van der Waals surface area contributed by atoms with Crippen molar-refractivity contribution in [3.63, 3.8) is 0 Å². The summed E-state index contributed by atoms with van der Waals surface area (Å²) in [5.74, 6) is 0.464. The average Bonchev–Trinajstić information content (AvgIpc) is 2.28. The number of rotatable bonds is 3. The minimum absolute atomic E-state index is 0.0567. The number of nitrogens with zero attached hydrogens (tertiary/aromatic N) is 2. The number of ether oxygens (including phenoxy) is 2. The summed E-state index contributed by atoms with van der Waals surface area (Å²) in [6.07, 6.45) is 0.278. The van der Waals surface area contributed by atoms with E-state index in [1.807, 2.05) is 6.92 Å². The predicted octanol–water partition coefficient (Wildman–Crippen LogP) is 0.886. The van der Waals surface area contributed by atoms with E-state index in [1.165, 1.54) is 0 Å². The second-order valence-corrected chi connectivity index (χ2v) is 4.12. The summed E-state index contributed by atoms with van der Waals surface area (Å²) in [6, 6.07) is 3.33. The molecule has 6 heteroatoms. The van der Waals surface area contributed by atoms with Crippen LogP contribution in [-0.2, 0) is 4.74 Å². The van der Waals surface area contributed by atoms with Gasteiger partial charge in [0, 0.05) is 19.2 Å². The molecule has 1 fully saturated rings. The van der Waals surface area contributed by atoms with Gasteiger partial charge >= 0.3 is 0 Å². The highest BCUT2D eigenvalue weighted by atomic mass is 35.5. The van der Waals surface area contributed by atoms with Crippen molar-refractivity contribution in [2.45, 2.75) is 19.1 Å². The van der Waals surface area contributed by atoms with Crippen molar-refractivity contribution in [3.8, 4) is 5.88 Å². The van der Waals surface area contributed by atoms with Gasteiger partial charge in [-0.25, -0.2) is 0 Å². The van der Waals surface area contributed by atoms with Crippen LogP contribution in [0.25, 0.3) is 0 Å². The van der Waals surface area contributed by atoms with E-state index in [0.29, 0.717) is 17.6 Å². The lowest BCUT2D eigenvalue weighted by Crippen LogP contribution is -2.45. The van der Waals surface area contributed by atoms with E-state index in [9.17, 15) is 0 Å². The highest BCUT2D eigenvalue weighted by Crippen LogP contribution is 2.10. The maximum Gasteiger partial charge on any atom is 0.233 e. The van der Waals surface area contributed by atoms with Crippen LogP contribution < -0.4 is 10.1 Å². The zero-order valence-corrected chi connectivity index (χ0v) is 9.78. The summed E-state index contributed by atoms with van der Waals surface area (Å²) in [6.45, 7) is 4.18. The second kappa shape index (κ2) is 5.43. The molecule has 0 radical (unpaired) electrons. The zero-order valence-electron chi connectivity index (χ0n) is 9.02. The Morgan fingerprint density at radius 1 is 1.50 bits per heavy atom. The molecule has 1 N–H and O–H groups in total. The monoisotopic (exact) mass is 243 g/mol. The SMILES string of the molecule is CC1CNCC(COc2ccc(Cl)nn2)O1. The molecule has 0 bridgehead atoms. The Labute approximate surface area is 99.1 Å². The topological polar surface area (TPSA) is 56.3 Å². The van der Waals surface area contributed by atoms with E-state index in [1.54, 1.807) is 12.1 Å². The van der Waals surface area contributed by atoms with Gasteiger partial charge in [-0.15, -0.1) is 10.2 Å². The summed E-state index contributed by atoms with van der Waals surface area (Å²) in [5.41, 5.74) is 0. The number of hydrogen-bond acceptors (Lipinski definition) is 5. The molecule has 0 aliphatic carbocycles. The van der Waals surface area contributed by atoms with Gasteiger partial charge < -0.3 is 14.8 Å². The molecule has 2 unspecified atom stereocenters. The summed E-state index contributed by atoms with van der Waals surface area (Å²) in [7, 11) is 0. The molecule has 0 saturated carbocycles. The minimum atomic E-state index is 0.0567. The lowest BCUT2D eigenvalue weighted by molar-refractivity contribution is -0.0477. The van der Waals surface area contributed by atoms with Gasteiger partial charge in [-0.1, -0.05) is 11.6 Å². The van der Waals surface area contributed by atoms with E-state index < -0.39 is 0 Å². The van der Waals surface area contributed by atoms with Gasteiger partial charge in [0.2, 0.25) is 5.88 Å². The van der Waals surface area contributed by atoms with E-state index in [4.69, 9.17) is 21.1 Å². The fourth-order valence-electron chi connectivity index (χ4n) is 1.53. The molecule has 88 valence electrons. The molecule has 0 spiro atoms. The van der Waals surface area contributed by atoms with Crippen molar-refractivity contribution in [1.82, 2.24) is 15.5 Å². The molecule has 1 aliphatic heterocycles. The molecule has 1 aromatic rings. The first-order valence-corrected chi connectivity index (χ1v) is 5.60. The molecular weight excluding hydrogens is 230 g/mol. The fourth-order valence-corrected chi connectivity index (χ4v) is 1.63. The number of nitrogens with one attached hydrogen (secondary N) is 1. The molecule has 1 aliphatic rings. The second-order valence-electron chi connectivity index (χ2n) is 3.73. The van der Waals surface area contributed by atoms with Crippen LogP contribution in [0.15, 0.2) is 12.1 Å². The van der Waals surface area contributed by atoms with Crippen molar-refractivity contribution in [1.29, 1.82) is 0 Å². The largest absolute Gasteiger partial charge is 0.474 e. The van der Waals surface area contributed by atoms with Crippen LogP contribution in [0, 0.1) is 0 Å². The number of hydrogen-bond donors (Lipinski definition) is 1. The normalized spacial score (nSPS) is 25.4. The van der Waals surface area contributed by atoms with Crippen molar-refractivity contribution in [2.75, 3.05) is 19.7 Å². The summed E-state index contributed by atoms with van der Waals surface area (Å²) >= 11 is 5.62. The fraction of sp³-hybridized carbons (Fsp3) is 0.600. The van der Waals surface area contributed by atoms with E-state index in [2.05, 4.69) is 15.5 Å². The molecule has 1 aromatic heterocycles. The molecule has 16 heavy (non-hydrogen) atoms. The molecule has 2 heterocycles. The van der Waals surface area contributed by atoms with Gasteiger partial charge in [-0.2, -0.15) is 0 Å². The van der Waals surface area contributed by atoms with Crippen LogP contribution in [0.4, 0.5) is 0 Å². The van der Waals surface area contributed by atoms with Gasteiger partial charge in [-0.3, -0.25) is 0 Å². The minimum Gasteiger partial charge on any atom is -0.474 e. The highest BCUT2D eigenvalue weighted by molar-refractivity contribution is 6.29. The Balaban J connectivity index is 1.80. The summed E-state index contributed by atoms with van der Waals surface area (Å²) < 4.78 is 11.1. The van der Waals surface area contributed by atoms with Crippen LogP contribution in [-0.4, -0.2) is 42.1 Å². The van der Waals surface area contributed by atoms with E-state index in [-0.39, 0.29) is 12.2 Å². The Hall–Kier alpha value is -0.910. The first kappa shape index (κ1) is 11.6. The number of morpholine rings is 1. The molecule has 2 rings (SSSR count). The number of aromatic nitrogens is 2. The Kier molecular flexibility index (Phi) is 3.93. The zero-order chi connectivity index (χ0) is 11.4. The first-order valence-electron chi connectivity index (χ1n) is 5.22. The quantitative estimate of drug-likeness (QED) is 0.854. The Morgan fingerprint density at radius 2 is 2.38 bits per heavy atom. The van der Waals surface area contributed by atoms with Gasteiger partial charge in [0.15, 0.2) is 5.15 Å². The average molecular weight is 244 g/mol. The summed E-state index contributed by atoms with van der Waals surface area (Å²) in [5, 5.41) is 11.1. The van der Waals surface area contributed by atoms with Crippen molar-refractivity contribution >= 4 is 11.6 Å². The van der Waals surface area contributed by atoms with E-state index in [0.717, 1.165) is 13.1 Å². The Morgan fingerprint density at radius 3 is 3.06 bits per heavy atom. The third kappa shape index (κ3) is 3.30. The maximum atomic E-state index is 5.67. The predicted molar refractivity (Wildman–Crippen MR) is 59.7 cm³/mol. The van der Waals surface area contributed by atoms with Crippen molar-refractivity contribution in [3.05, 3.63) is 17.3 Å². The summed E-state index contributed by atoms with van der Waals surface area (Å²) in [4.78, 5) is 0. The van der Waals surface area contributed by atoms with Gasteiger partial charge in [-0.05, 0) is 13.0 Å².